The fourth-order valence-corrected chi connectivity index (χ4v) is 4.12. The highest BCUT2D eigenvalue weighted by Crippen LogP contribution is 2.24. The molecule has 1 fully saturated rings. The monoisotopic (exact) mass is 362 g/mol. The third kappa shape index (κ3) is 3.47. The van der Waals surface area contributed by atoms with Crippen molar-refractivity contribution in [1.82, 2.24) is 19.8 Å². The van der Waals surface area contributed by atoms with Crippen molar-refractivity contribution >= 4 is 16.9 Å². The lowest BCUT2D eigenvalue weighted by Gasteiger charge is -2.32. The minimum absolute atomic E-state index is 0.115. The Morgan fingerprint density at radius 2 is 2.04 bits per heavy atom. The maximum atomic E-state index is 13.0. The quantitative estimate of drug-likeness (QED) is 0.774. The zero-order valence-corrected chi connectivity index (χ0v) is 16.0. The van der Waals surface area contributed by atoms with Crippen LogP contribution in [0.4, 0.5) is 0 Å². The first-order valence-corrected chi connectivity index (χ1v) is 9.66. The van der Waals surface area contributed by atoms with Gasteiger partial charge in [-0.25, -0.2) is 4.98 Å². The SMILES string of the molecule is CNCC1CCCN(C(=O)c2ccc3c(c2)nc(C)n3-c2ccccc2)C1. The molecule has 1 aliphatic rings. The average molecular weight is 362 g/mol. The van der Waals surface area contributed by atoms with E-state index >= 15 is 0 Å². The van der Waals surface area contributed by atoms with E-state index in [1.165, 1.54) is 6.42 Å². The molecule has 140 valence electrons. The number of aromatic nitrogens is 2. The molecule has 0 bridgehead atoms. The van der Waals surface area contributed by atoms with Gasteiger partial charge in [0.05, 0.1) is 11.0 Å². The first-order valence-electron chi connectivity index (χ1n) is 9.66. The van der Waals surface area contributed by atoms with E-state index in [4.69, 9.17) is 4.98 Å². The van der Waals surface area contributed by atoms with Crippen molar-refractivity contribution in [1.29, 1.82) is 0 Å². The highest BCUT2D eigenvalue weighted by atomic mass is 16.2. The van der Waals surface area contributed by atoms with Crippen molar-refractivity contribution in [2.24, 2.45) is 5.92 Å². The number of imidazole rings is 1. The van der Waals surface area contributed by atoms with Gasteiger partial charge in [-0.05, 0) is 69.6 Å². The Bertz CT molecular complexity index is 946. The molecule has 1 N–H and O–H groups in total. The number of benzene rings is 2. The zero-order chi connectivity index (χ0) is 18.8. The van der Waals surface area contributed by atoms with E-state index in [2.05, 4.69) is 22.0 Å². The van der Waals surface area contributed by atoms with E-state index in [1.54, 1.807) is 0 Å². The van der Waals surface area contributed by atoms with Crippen LogP contribution in [-0.4, -0.2) is 47.0 Å². The molecule has 5 heteroatoms. The highest BCUT2D eigenvalue weighted by molar-refractivity contribution is 5.97. The van der Waals surface area contributed by atoms with Crippen LogP contribution >= 0.6 is 0 Å². The molecule has 27 heavy (non-hydrogen) atoms. The second-order valence-corrected chi connectivity index (χ2v) is 7.35. The van der Waals surface area contributed by atoms with Gasteiger partial charge in [0.1, 0.15) is 5.82 Å². The minimum atomic E-state index is 0.115. The number of para-hydroxylation sites is 1. The molecule has 2 aromatic carbocycles. The van der Waals surface area contributed by atoms with Crippen molar-refractivity contribution in [2.75, 3.05) is 26.7 Å². The summed E-state index contributed by atoms with van der Waals surface area (Å²) in [5.41, 5.74) is 3.71. The van der Waals surface area contributed by atoms with Gasteiger partial charge in [0.25, 0.3) is 5.91 Å². The molecule has 0 saturated carbocycles. The molecular formula is C22H26N4O. The number of fused-ring (bicyclic) bond motifs is 1. The third-order valence-electron chi connectivity index (χ3n) is 5.38. The molecule has 0 radical (unpaired) electrons. The van der Waals surface area contributed by atoms with Gasteiger partial charge in [-0.1, -0.05) is 18.2 Å². The molecule has 4 rings (SSSR count). The number of carbonyl (C=O) groups is 1. The lowest BCUT2D eigenvalue weighted by atomic mass is 9.97. The third-order valence-corrected chi connectivity index (χ3v) is 5.38. The Labute approximate surface area is 160 Å². The van der Waals surface area contributed by atoms with Crippen LogP contribution in [0.15, 0.2) is 48.5 Å². The highest BCUT2D eigenvalue weighted by Gasteiger charge is 2.24. The molecule has 1 aromatic heterocycles. The van der Waals surface area contributed by atoms with Gasteiger partial charge in [0, 0.05) is 24.3 Å². The summed E-state index contributed by atoms with van der Waals surface area (Å²) in [5, 5.41) is 3.23. The number of carbonyl (C=O) groups excluding carboxylic acids is 1. The molecule has 5 nitrogen and oxygen atoms in total. The summed E-state index contributed by atoms with van der Waals surface area (Å²) in [7, 11) is 1.97. The van der Waals surface area contributed by atoms with E-state index in [0.717, 1.165) is 54.2 Å². The van der Waals surface area contributed by atoms with Crippen molar-refractivity contribution in [3.05, 3.63) is 59.9 Å². The molecule has 0 aliphatic carbocycles. The largest absolute Gasteiger partial charge is 0.338 e. The van der Waals surface area contributed by atoms with Crippen LogP contribution in [0.25, 0.3) is 16.7 Å². The van der Waals surface area contributed by atoms with Gasteiger partial charge in [0.2, 0.25) is 0 Å². The molecule has 1 aliphatic heterocycles. The molecule has 1 amide bonds. The molecule has 0 spiro atoms. The van der Waals surface area contributed by atoms with Crippen molar-refractivity contribution in [3.8, 4) is 5.69 Å². The van der Waals surface area contributed by atoms with Crippen molar-refractivity contribution in [3.63, 3.8) is 0 Å². The van der Waals surface area contributed by atoms with Gasteiger partial charge < -0.3 is 10.2 Å². The average Bonchev–Trinajstić information content (AvgIpc) is 3.03. The normalized spacial score (nSPS) is 17.4. The molecule has 1 unspecified atom stereocenters. The second kappa shape index (κ2) is 7.53. The lowest BCUT2D eigenvalue weighted by Crippen LogP contribution is -2.42. The van der Waals surface area contributed by atoms with Gasteiger partial charge >= 0.3 is 0 Å². The number of likely N-dealkylation sites (tertiary alicyclic amines) is 1. The number of hydrogen-bond acceptors (Lipinski definition) is 3. The number of rotatable bonds is 4. The molecule has 2 heterocycles. The summed E-state index contributed by atoms with van der Waals surface area (Å²) < 4.78 is 2.13. The lowest BCUT2D eigenvalue weighted by molar-refractivity contribution is 0.0674. The van der Waals surface area contributed by atoms with E-state index in [9.17, 15) is 4.79 Å². The molecule has 1 atom stereocenters. The standard InChI is InChI=1S/C22H26N4O/c1-16-24-20-13-18(22(27)25-12-6-7-17(15-25)14-23-2)10-11-21(20)26(16)19-8-4-3-5-9-19/h3-5,8-11,13,17,23H,6-7,12,14-15H2,1-2H3. The first kappa shape index (κ1) is 17.7. The van der Waals surface area contributed by atoms with Crippen molar-refractivity contribution < 1.29 is 4.79 Å². The fraction of sp³-hybridized carbons (Fsp3) is 0.364. The number of amides is 1. The summed E-state index contributed by atoms with van der Waals surface area (Å²) >= 11 is 0. The predicted octanol–water partition coefficient (Wildman–Crippen LogP) is 3.41. The van der Waals surface area contributed by atoms with Crippen LogP contribution in [0, 0.1) is 12.8 Å². The topological polar surface area (TPSA) is 50.2 Å². The number of nitrogens with one attached hydrogen (secondary N) is 1. The Morgan fingerprint density at radius 1 is 1.22 bits per heavy atom. The zero-order valence-electron chi connectivity index (χ0n) is 16.0. The van der Waals surface area contributed by atoms with Crippen LogP contribution in [0.5, 0.6) is 0 Å². The summed E-state index contributed by atoms with van der Waals surface area (Å²) in [6, 6.07) is 16.1. The van der Waals surface area contributed by atoms with Gasteiger partial charge in [-0.15, -0.1) is 0 Å². The Kier molecular flexibility index (Phi) is 4.94. The van der Waals surface area contributed by atoms with Crippen LogP contribution < -0.4 is 5.32 Å². The summed E-state index contributed by atoms with van der Waals surface area (Å²) in [4.78, 5) is 19.7. The Balaban J connectivity index is 1.63. The Morgan fingerprint density at radius 3 is 2.81 bits per heavy atom. The van der Waals surface area contributed by atoms with Crippen LogP contribution in [0.1, 0.15) is 29.0 Å². The van der Waals surface area contributed by atoms with Crippen molar-refractivity contribution in [2.45, 2.75) is 19.8 Å². The van der Waals surface area contributed by atoms with E-state index < -0.39 is 0 Å². The van der Waals surface area contributed by atoms with Crippen LogP contribution in [-0.2, 0) is 0 Å². The van der Waals surface area contributed by atoms with Crippen LogP contribution in [0.3, 0.4) is 0 Å². The van der Waals surface area contributed by atoms with E-state index in [0.29, 0.717) is 5.92 Å². The number of aryl methyl sites for hydroxylation is 1. The molecular weight excluding hydrogens is 336 g/mol. The minimum Gasteiger partial charge on any atom is -0.338 e. The van der Waals surface area contributed by atoms with Gasteiger partial charge in [-0.3, -0.25) is 9.36 Å². The van der Waals surface area contributed by atoms with E-state index in [-0.39, 0.29) is 5.91 Å². The second-order valence-electron chi connectivity index (χ2n) is 7.35. The number of hydrogen-bond donors (Lipinski definition) is 1. The predicted molar refractivity (Wildman–Crippen MR) is 108 cm³/mol. The fourth-order valence-electron chi connectivity index (χ4n) is 4.12. The number of piperidine rings is 1. The first-order chi connectivity index (χ1) is 13.2. The maximum absolute atomic E-state index is 13.0. The molecule has 1 saturated heterocycles. The number of nitrogens with zero attached hydrogens (tertiary/aromatic N) is 3. The van der Waals surface area contributed by atoms with E-state index in [1.807, 2.05) is 55.3 Å². The molecule has 3 aromatic rings. The van der Waals surface area contributed by atoms with Crippen LogP contribution in [0.2, 0.25) is 0 Å². The van der Waals surface area contributed by atoms with Gasteiger partial charge in [-0.2, -0.15) is 0 Å². The summed E-state index contributed by atoms with van der Waals surface area (Å²) in [6.07, 6.45) is 2.26. The summed E-state index contributed by atoms with van der Waals surface area (Å²) in [6.45, 7) is 4.63. The Hall–Kier alpha value is -2.66. The summed E-state index contributed by atoms with van der Waals surface area (Å²) in [5.74, 6) is 1.58. The van der Waals surface area contributed by atoms with Gasteiger partial charge in [0.15, 0.2) is 0 Å². The smallest absolute Gasteiger partial charge is 0.253 e. The maximum Gasteiger partial charge on any atom is 0.253 e.